The predicted octanol–water partition coefficient (Wildman–Crippen LogP) is 0.0987. The molecule has 4 rings (SSSR count). The summed E-state index contributed by atoms with van der Waals surface area (Å²) in [6.45, 7) is 13.3. The molecule has 2 unspecified atom stereocenters. The smallest absolute Gasteiger partial charge is 0.253 e. The number of methoxy groups -OCH3 is 2. The van der Waals surface area contributed by atoms with Crippen LogP contribution in [0.1, 0.15) is 105 Å². The third-order valence-electron chi connectivity index (χ3n) is 16.1. The number of nitrogens with zero attached hydrogens (tertiary/aromatic N) is 4. The SMILES string of the molecule is CC[C@H](C)[C@@H]([C@@H](CC(=O)N1CCC[C@H]1[C@H](OC)[C@@H](C)C(=O)NCC(=O)NS(=O)(=O)Cc1cccc(C2(NC(=O)CNC(=O)C(NC(=O)CCOCCOCCOCCN3C(=O)C=CC3=O)C(C)C)CC2)c1)OC)N(C)C(=O)CNC(=O)C(C(C)C)N(C)C. The first-order valence-electron chi connectivity index (χ1n) is 30.2. The van der Waals surface area contributed by atoms with Gasteiger partial charge in [0.15, 0.2) is 0 Å². The maximum absolute atomic E-state index is 14.2. The first kappa shape index (κ1) is 74.0. The largest absolute Gasteiger partial charge is 0.379 e. The second kappa shape index (κ2) is 35.7. The van der Waals surface area contributed by atoms with E-state index in [4.69, 9.17) is 23.7 Å². The number of ether oxygens (including phenoxy) is 5. The molecule has 0 bridgehead atoms. The standard InChI is InChI=1S/C60H96N10O17S/c1-13-40(6)55(68(10)52(77)36-63-59(80)54(39(4)5)67(8)9)45(83-11)33-51(76)69-24-15-18-44(69)56(84-12)41(7)57(78)61-35-48(73)66-88(81,82)37-42-16-14-17-43(32-42)60(22-23-60)65-47(72)34-62-58(79)53(38(2)3)64-46(71)21-26-85-28-30-87-31-29-86-27-25-70-49(74)19-20-50(70)75/h14,16-17,19-20,32,38-41,44-45,53-56H,13,15,18,21-31,33-37H2,1-12H3,(H,61,78)(H,62,79)(H,63,80)(H,64,71)(H,65,72)(H,66,73)/t40-,41+,44-,45+,53?,54?,55-,56+/m0/s1. The van der Waals surface area contributed by atoms with Crippen molar-refractivity contribution in [2.45, 2.75) is 141 Å². The van der Waals surface area contributed by atoms with Crippen molar-refractivity contribution < 1.29 is 80.0 Å². The van der Waals surface area contributed by atoms with Gasteiger partial charge in [-0.05, 0) is 68.7 Å². The van der Waals surface area contributed by atoms with E-state index in [1.54, 1.807) is 76.0 Å². The van der Waals surface area contributed by atoms with E-state index in [-0.39, 0.29) is 113 Å². The van der Waals surface area contributed by atoms with Crippen molar-refractivity contribution in [1.29, 1.82) is 0 Å². The molecule has 2 fully saturated rings. The Bertz CT molecular complexity index is 2680. The van der Waals surface area contributed by atoms with Gasteiger partial charge in [-0.3, -0.25) is 62.5 Å². The number of likely N-dealkylation sites (N-methyl/N-ethyl adjacent to an activating group) is 2. The molecule has 27 nitrogen and oxygen atoms in total. The van der Waals surface area contributed by atoms with Crippen molar-refractivity contribution in [3.05, 3.63) is 47.5 Å². The summed E-state index contributed by atoms with van der Waals surface area (Å²) in [5, 5.41) is 13.5. The summed E-state index contributed by atoms with van der Waals surface area (Å²) in [6.07, 6.45) is 3.63. The monoisotopic (exact) mass is 1260 g/mol. The Labute approximate surface area is 518 Å². The second-order valence-electron chi connectivity index (χ2n) is 23.6. The summed E-state index contributed by atoms with van der Waals surface area (Å²) in [7, 11) is 3.86. The molecule has 28 heteroatoms. The first-order chi connectivity index (χ1) is 41.6. The highest BCUT2D eigenvalue weighted by molar-refractivity contribution is 7.89. The molecular formula is C60H96N10O17S. The van der Waals surface area contributed by atoms with Crippen molar-refractivity contribution in [2.75, 3.05) is 108 Å². The van der Waals surface area contributed by atoms with E-state index in [1.165, 1.54) is 31.3 Å². The maximum atomic E-state index is 14.2. The zero-order chi connectivity index (χ0) is 65.5. The Balaban J connectivity index is 1.20. The lowest BCUT2D eigenvalue weighted by atomic mass is 9.90. The topological polar surface area (TPSA) is 336 Å². The number of sulfonamides is 1. The first-order valence-corrected chi connectivity index (χ1v) is 31.9. The van der Waals surface area contributed by atoms with Crippen molar-refractivity contribution in [1.82, 2.24) is 50.9 Å². The van der Waals surface area contributed by atoms with Gasteiger partial charge in [0.1, 0.15) is 6.04 Å². The molecule has 1 saturated heterocycles. The molecule has 1 aromatic rings. The summed E-state index contributed by atoms with van der Waals surface area (Å²) in [4.78, 5) is 136. The number of hydrogen-bond acceptors (Lipinski definition) is 18. The lowest BCUT2D eigenvalue weighted by Crippen LogP contribution is -2.55. The molecule has 1 aromatic carbocycles. The van der Waals surface area contributed by atoms with Crippen molar-refractivity contribution in [2.24, 2.45) is 23.7 Å². The highest BCUT2D eigenvalue weighted by Crippen LogP contribution is 2.45. The molecule has 3 aliphatic rings. The number of benzene rings is 1. The minimum absolute atomic E-state index is 0.00943. The number of carbonyl (C=O) groups excluding carboxylic acids is 10. The Kier molecular flexibility index (Phi) is 30.0. The Morgan fingerprint density at radius 1 is 0.739 bits per heavy atom. The highest BCUT2D eigenvalue weighted by atomic mass is 32.2. The maximum Gasteiger partial charge on any atom is 0.253 e. The van der Waals surface area contributed by atoms with Crippen LogP contribution in [0, 0.1) is 23.7 Å². The van der Waals surface area contributed by atoms with Gasteiger partial charge in [0.25, 0.3) is 17.7 Å². The van der Waals surface area contributed by atoms with Crippen molar-refractivity contribution in [3.63, 3.8) is 0 Å². The molecular weight excluding hydrogens is 1160 g/mol. The van der Waals surface area contributed by atoms with Gasteiger partial charge >= 0.3 is 0 Å². The molecule has 0 aromatic heterocycles. The average molecular weight is 1260 g/mol. The molecule has 0 radical (unpaired) electrons. The molecule has 10 amide bonds. The van der Waals surface area contributed by atoms with E-state index in [2.05, 4.69) is 26.6 Å². The molecule has 494 valence electrons. The van der Waals surface area contributed by atoms with E-state index < -0.39 is 106 Å². The number of imide groups is 1. The normalized spacial score (nSPS) is 17.9. The molecule has 6 N–H and O–H groups in total. The minimum Gasteiger partial charge on any atom is -0.379 e. The van der Waals surface area contributed by atoms with Crippen LogP contribution in [0.3, 0.4) is 0 Å². The number of amides is 10. The van der Waals surface area contributed by atoms with E-state index in [0.717, 1.165) is 4.90 Å². The predicted molar refractivity (Wildman–Crippen MR) is 323 cm³/mol. The van der Waals surface area contributed by atoms with Gasteiger partial charge in [0, 0.05) is 46.4 Å². The van der Waals surface area contributed by atoms with Crippen LogP contribution in [0.15, 0.2) is 36.4 Å². The van der Waals surface area contributed by atoms with Crippen LogP contribution in [-0.2, 0) is 92.9 Å². The van der Waals surface area contributed by atoms with E-state index in [1.807, 2.05) is 32.4 Å². The molecule has 1 aliphatic carbocycles. The summed E-state index contributed by atoms with van der Waals surface area (Å²) < 4.78 is 56.8. The van der Waals surface area contributed by atoms with Gasteiger partial charge < -0.3 is 60.1 Å². The van der Waals surface area contributed by atoms with Crippen LogP contribution < -0.4 is 31.3 Å². The van der Waals surface area contributed by atoms with Crippen molar-refractivity contribution in [3.8, 4) is 0 Å². The van der Waals surface area contributed by atoms with Gasteiger partial charge in [-0.25, -0.2) is 8.42 Å². The lowest BCUT2D eigenvalue weighted by Gasteiger charge is -2.39. The zero-order valence-electron chi connectivity index (χ0n) is 53.3. The van der Waals surface area contributed by atoms with Gasteiger partial charge in [-0.2, -0.15) is 0 Å². The molecule has 88 heavy (non-hydrogen) atoms. The van der Waals surface area contributed by atoms with Crippen LogP contribution in [0.2, 0.25) is 0 Å². The quantitative estimate of drug-likeness (QED) is 0.0375. The highest BCUT2D eigenvalue weighted by Gasteiger charge is 2.46. The van der Waals surface area contributed by atoms with Crippen LogP contribution in [0.5, 0.6) is 0 Å². The summed E-state index contributed by atoms with van der Waals surface area (Å²) in [5.41, 5.74) is 0.101. The number of rotatable bonds is 40. The summed E-state index contributed by atoms with van der Waals surface area (Å²) >= 11 is 0. The lowest BCUT2D eigenvalue weighted by molar-refractivity contribution is -0.146. The fraction of sp³-hybridized carbons (Fsp3) is 0.700. The van der Waals surface area contributed by atoms with Crippen LogP contribution >= 0.6 is 0 Å². The minimum atomic E-state index is -4.30. The number of nitrogens with one attached hydrogen (secondary N) is 6. The zero-order valence-corrected chi connectivity index (χ0v) is 54.1. The third-order valence-corrected chi connectivity index (χ3v) is 17.4. The third kappa shape index (κ3) is 22.6. The number of likely N-dealkylation sites (tertiary alicyclic amines) is 1. The summed E-state index contributed by atoms with van der Waals surface area (Å²) in [6, 6.07) is 4.10. The van der Waals surface area contributed by atoms with E-state index >= 15 is 0 Å². The van der Waals surface area contributed by atoms with Gasteiger partial charge in [-0.15, -0.1) is 0 Å². The van der Waals surface area contributed by atoms with Crippen LogP contribution in [0.4, 0.5) is 0 Å². The summed E-state index contributed by atoms with van der Waals surface area (Å²) in [5.74, 6) is -6.64. The molecule has 1 saturated carbocycles. The molecule has 2 heterocycles. The fourth-order valence-corrected chi connectivity index (χ4v) is 12.2. The fourth-order valence-electron chi connectivity index (χ4n) is 11.1. The van der Waals surface area contributed by atoms with Gasteiger partial charge in [0.2, 0.25) is 51.4 Å². The average Bonchev–Trinajstić information content (AvgIpc) is 1.99. The van der Waals surface area contributed by atoms with E-state index in [9.17, 15) is 56.4 Å². The van der Waals surface area contributed by atoms with Gasteiger partial charge in [0.05, 0.1) is 120 Å². The Morgan fingerprint density at radius 2 is 1.34 bits per heavy atom. The van der Waals surface area contributed by atoms with E-state index in [0.29, 0.717) is 49.8 Å². The van der Waals surface area contributed by atoms with Crippen molar-refractivity contribution >= 4 is 69.1 Å². The molecule has 2 aliphatic heterocycles. The number of hydrogen-bond donors (Lipinski definition) is 6. The molecule has 0 spiro atoms. The Hall–Kier alpha value is -6.43. The van der Waals surface area contributed by atoms with Crippen LogP contribution in [0.25, 0.3) is 0 Å². The van der Waals surface area contributed by atoms with Gasteiger partial charge in [-0.1, -0.05) is 79.2 Å². The number of carbonyl (C=O) groups is 10. The van der Waals surface area contributed by atoms with Crippen LogP contribution in [-0.4, -0.2) is 231 Å². The molecule has 8 atom stereocenters. The Morgan fingerprint density at radius 3 is 1.92 bits per heavy atom. The second-order valence-corrected chi connectivity index (χ2v) is 25.3.